The molecule has 7 rings (SSSR count). The van der Waals surface area contributed by atoms with Gasteiger partial charge in [-0.15, -0.1) is 0 Å². The van der Waals surface area contributed by atoms with Crippen LogP contribution in [0, 0.1) is 13.8 Å². The number of fused-ring (bicyclic) bond motifs is 10. The zero-order valence-electron chi connectivity index (χ0n) is 23.7. The summed E-state index contributed by atoms with van der Waals surface area (Å²) in [5, 5.41) is 10.9. The maximum Gasteiger partial charge on any atom is 0.255 e. The van der Waals surface area contributed by atoms with Crippen LogP contribution in [-0.4, -0.2) is 26.3 Å². The lowest BCUT2D eigenvalue weighted by atomic mass is 9.92. The molecule has 0 saturated heterocycles. The highest BCUT2D eigenvalue weighted by Crippen LogP contribution is 2.33. The van der Waals surface area contributed by atoms with E-state index >= 15 is 0 Å². The summed E-state index contributed by atoms with van der Waals surface area (Å²) < 4.78 is 13.2. The van der Waals surface area contributed by atoms with Crippen molar-refractivity contribution < 1.29 is 13.8 Å². The van der Waals surface area contributed by atoms with Gasteiger partial charge in [0.15, 0.2) is 0 Å². The molecule has 2 amide bonds. The predicted octanol–water partition coefficient (Wildman–Crippen LogP) is 5.16. The third-order valence-electron chi connectivity index (χ3n) is 8.07. The average Bonchev–Trinajstić information content (AvgIpc) is 3.81. The summed E-state index contributed by atoms with van der Waals surface area (Å²) in [6.07, 6.45) is 5.28. The van der Waals surface area contributed by atoms with Crippen molar-refractivity contribution in [3.63, 3.8) is 0 Å². The molecule has 8 nitrogen and oxygen atoms in total. The first-order valence-electron chi connectivity index (χ1n) is 14.4. The van der Waals surface area contributed by atoms with Crippen molar-refractivity contribution >= 4 is 44.8 Å². The minimum atomic E-state index is -1.18. The lowest BCUT2D eigenvalue weighted by Gasteiger charge is -2.23. The van der Waals surface area contributed by atoms with E-state index in [-0.39, 0.29) is 29.2 Å². The van der Waals surface area contributed by atoms with Crippen LogP contribution < -0.4 is 21.5 Å². The molecule has 3 aliphatic rings. The molecule has 2 unspecified atom stereocenters. The SMILES string of the molecule is Cc1cc2cc(C)c1CCCC(=O)Nc1ccc(S(=O)C3CC3)c(c1)CNC(=O)C2Nc1ccc2cc[nH]c(=O)c2c1. The van der Waals surface area contributed by atoms with Gasteiger partial charge in [-0.25, -0.2) is 0 Å². The summed E-state index contributed by atoms with van der Waals surface area (Å²) in [6, 6.07) is 16.0. The van der Waals surface area contributed by atoms with Crippen LogP contribution in [0.15, 0.2) is 70.5 Å². The number of aryl methyl sites for hydroxylation is 2. The molecule has 42 heavy (non-hydrogen) atoms. The van der Waals surface area contributed by atoms with E-state index in [4.69, 9.17) is 0 Å². The standard InChI is InChI=1S/C33H34N4O4S/c1-19-14-22-15-20(2)27(19)4-3-5-30(38)36-24-8-11-29(42(41)26-9-10-26)23(16-24)18-35-33(40)31(22)37-25-7-6-21-12-13-34-32(39)28(21)17-25/h6-8,11-17,26,31,37H,3-5,9-10,18H2,1-2H3,(H,34,39)(H,35,40)(H,36,38). The number of H-pyrrole nitrogens is 1. The van der Waals surface area contributed by atoms with Crippen molar-refractivity contribution in [3.8, 4) is 0 Å². The molecule has 1 aliphatic carbocycles. The van der Waals surface area contributed by atoms with Crippen molar-refractivity contribution in [2.45, 2.75) is 68.7 Å². The maximum atomic E-state index is 13.9. The van der Waals surface area contributed by atoms with Gasteiger partial charge in [-0.1, -0.05) is 18.2 Å². The van der Waals surface area contributed by atoms with E-state index in [2.05, 4.69) is 20.9 Å². The third-order valence-corrected chi connectivity index (χ3v) is 9.98. The quantitative estimate of drug-likeness (QED) is 0.265. The zero-order valence-corrected chi connectivity index (χ0v) is 24.5. The topological polar surface area (TPSA) is 120 Å². The van der Waals surface area contributed by atoms with E-state index in [1.165, 1.54) is 5.56 Å². The second-order valence-corrected chi connectivity index (χ2v) is 13.0. The van der Waals surface area contributed by atoms with Crippen LogP contribution in [0.25, 0.3) is 10.8 Å². The van der Waals surface area contributed by atoms with Crippen molar-refractivity contribution in [2.24, 2.45) is 0 Å². The van der Waals surface area contributed by atoms with Crippen LogP contribution in [-0.2, 0) is 33.4 Å². The summed E-state index contributed by atoms with van der Waals surface area (Å²) >= 11 is 0. The molecule has 1 fully saturated rings. The number of benzene rings is 3. The Hall–Kier alpha value is -4.24. The van der Waals surface area contributed by atoms with E-state index in [1.807, 2.05) is 56.3 Å². The average molecular weight is 583 g/mol. The van der Waals surface area contributed by atoms with E-state index < -0.39 is 16.8 Å². The summed E-state index contributed by atoms with van der Waals surface area (Å²) in [6.45, 7) is 4.22. The number of carbonyl (C=O) groups is 2. The van der Waals surface area contributed by atoms with Gasteiger partial charge in [-0.3, -0.25) is 18.6 Å². The summed E-state index contributed by atoms with van der Waals surface area (Å²) in [5.41, 5.74) is 5.87. The highest BCUT2D eigenvalue weighted by Gasteiger charge is 2.31. The van der Waals surface area contributed by atoms with Gasteiger partial charge in [0.1, 0.15) is 6.04 Å². The molecule has 9 heteroatoms. The van der Waals surface area contributed by atoms with Crippen LogP contribution in [0.3, 0.4) is 0 Å². The number of hydrogen-bond donors (Lipinski definition) is 4. The molecule has 1 saturated carbocycles. The molecule has 4 aromatic rings. The number of carbonyl (C=O) groups excluding carboxylic acids is 2. The molecule has 3 aromatic carbocycles. The van der Waals surface area contributed by atoms with Gasteiger partial charge in [-0.05, 0) is 109 Å². The number of aromatic amines is 1. The number of pyridine rings is 1. The Morgan fingerprint density at radius 2 is 1.69 bits per heavy atom. The number of anilines is 2. The maximum absolute atomic E-state index is 13.9. The molecule has 1 aromatic heterocycles. The molecular weight excluding hydrogens is 548 g/mol. The fourth-order valence-electron chi connectivity index (χ4n) is 5.71. The minimum Gasteiger partial charge on any atom is -0.370 e. The molecule has 2 atom stereocenters. The molecule has 4 bridgehead atoms. The number of aromatic nitrogens is 1. The summed E-state index contributed by atoms with van der Waals surface area (Å²) in [7, 11) is -1.18. The van der Waals surface area contributed by atoms with Gasteiger partial charge in [0, 0.05) is 46.1 Å². The molecule has 0 radical (unpaired) electrons. The molecule has 4 N–H and O–H groups in total. The normalized spacial score (nSPS) is 18.4. The van der Waals surface area contributed by atoms with Crippen LogP contribution in [0.5, 0.6) is 0 Å². The highest BCUT2D eigenvalue weighted by atomic mass is 32.2. The first kappa shape index (κ1) is 27.9. The van der Waals surface area contributed by atoms with Crippen molar-refractivity contribution in [1.29, 1.82) is 0 Å². The molecule has 2 aliphatic heterocycles. The number of amides is 2. The number of hydrogen-bond acceptors (Lipinski definition) is 5. The zero-order chi connectivity index (χ0) is 29.4. The van der Waals surface area contributed by atoms with Crippen LogP contribution in [0.1, 0.15) is 59.5 Å². The fraction of sp³-hybridized carbons (Fsp3) is 0.303. The van der Waals surface area contributed by atoms with E-state index in [9.17, 15) is 18.6 Å². The first-order chi connectivity index (χ1) is 20.3. The van der Waals surface area contributed by atoms with Crippen LogP contribution >= 0.6 is 0 Å². The van der Waals surface area contributed by atoms with E-state index in [0.717, 1.165) is 46.9 Å². The third kappa shape index (κ3) is 5.87. The minimum absolute atomic E-state index is 0.0708. The second-order valence-electron chi connectivity index (χ2n) is 11.3. The number of rotatable bonds is 4. The van der Waals surface area contributed by atoms with Gasteiger partial charge in [-0.2, -0.15) is 0 Å². The Balaban J connectivity index is 1.39. The van der Waals surface area contributed by atoms with Crippen LogP contribution in [0.2, 0.25) is 0 Å². The van der Waals surface area contributed by atoms with Crippen LogP contribution in [0.4, 0.5) is 11.4 Å². The Bertz CT molecular complexity index is 1770. The molecule has 0 spiro atoms. The molecular formula is C33H34N4O4S. The first-order valence-corrected chi connectivity index (χ1v) is 15.6. The summed E-state index contributed by atoms with van der Waals surface area (Å²) in [5.74, 6) is -0.327. The Labute approximate surface area is 246 Å². The fourth-order valence-corrected chi connectivity index (χ4v) is 7.23. The van der Waals surface area contributed by atoms with Gasteiger partial charge in [0.2, 0.25) is 11.8 Å². The van der Waals surface area contributed by atoms with Gasteiger partial charge in [0.25, 0.3) is 5.56 Å². The van der Waals surface area contributed by atoms with Gasteiger partial charge >= 0.3 is 0 Å². The number of nitrogens with one attached hydrogen (secondary N) is 4. The Kier molecular flexibility index (Phi) is 7.68. The Morgan fingerprint density at radius 3 is 2.45 bits per heavy atom. The summed E-state index contributed by atoms with van der Waals surface area (Å²) in [4.78, 5) is 42.6. The largest absolute Gasteiger partial charge is 0.370 e. The lowest BCUT2D eigenvalue weighted by molar-refractivity contribution is -0.122. The van der Waals surface area contributed by atoms with Gasteiger partial charge < -0.3 is 20.9 Å². The molecule has 3 heterocycles. The van der Waals surface area contributed by atoms with Gasteiger partial charge in [0.05, 0.1) is 10.8 Å². The monoisotopic (exact) mass is 582 g/mol. The van der Waals surface area contributed by atoms with E-state index in [0.29, 0.717) is 34.5 Å². The van der Waals surface area contributed by atoms with E-state index in [1.54, 1.807) is 18.3 Å². The van der Waals surface area contributed by atoms with Crippen molar-refractivity contribution in [3.05, 3.63) is 99.0 Å². The highest BCUT2D eigenvalue weighted by molar-refractivity contribution is 7.86. The second kappa shape index (κ2) is 11.6. The lowest BCUT2D eigenvalue weighted by Crippen LogP contribution is -2.33. The van der Waals surface area contributed by atoms with Crippen molar-refractivity contribution in [2.75, 3.05) is 10.6 Å². The predicted molar refractivity (Wildman–Crippen MR) is 166 cm³/mol. The smallest absolute Gasteiger partial charge is 0.255 e. The Morgan fingerprint density at radius 1 is 0.905 bits per heavy atom. The van der Waals surface area contributed by atoms with Crippen molar-refractivity contribution in [1.82, 2.24) is 10.3 Å². The molecule has 216 valence electrons.